The van der Waals surface area contributed by atoms with Crippen molar-refractivity contribution in [2.45, 2.75) is 6.61 Å². The normalized spacial score (nSPS) is 11.1. The molecule has 3 aromatic carbocycles. The Kier molecular flexibility index (Phi) is 6.13. The average molecular weight is 398 g/mol. The number of rotatable bonds is 5. The molecule has 0 heterocycles. The zero-order valence-corrected chi connectivity index (χ0v) is 15.6. The van der Waals surface area contributed by atoms with E-state index >= 15 is 0 Å². The van der Waals surface area contributed by atoms with Gasteiger partial charge < -0.3 is 4.74 Å². The molecule has 2 nitrogen and oxygen atoms in total. The summed E-state index contributed by atoms with van der Waals surface area (Å²) in [6.45, 7) is 0.197. The Hall–Kier alpha value is -2.80. The van der Waals surface area contributed by atoms with E-state index in [0.717, 1.165) is 5.56 Å². The minimum absolute atomic E-state index is 0.197. The molecule has 134 valence electrons. The number of hydrogen-bond donors (Lipinski definition) is 0. The summed E-state index contributed by atoms with van der Waals surface area (Å²) in [5, 5.41) is 10.7. The van der Waals surface area contributed by atoms with Gasteiger partial charge in [-0.2, -0.15) is 5.26 Å². The molecule has 0 amide bonds. The summed E-state index contributed by atoms with van der Waals surface area (Å²) in [5.41, 5.74) is 2.55. The van der Waals surface area contributed by atoms with Gasteiger partial charge in [0.15, 0.2) is 0 Å². The summed E-state index contributed by atoms with van der Waals surface area (Å²) in [7, 11) is 0. The highest BCUT2D eigenvalue weighted by atomic mass is 35.5. The summed E-state index contributed by atoms with van der Waals surface area (Å²) in [4.78, 5) is 0. The van der Waals surface area contributed by atoms with Crippen LogP contribution < -0.4 is 4.74 Å². The monoisotopic (exact) mass is 397 g/mol. The Bertz CT molecular complexity index is 1020. The van der Waals surface area contributed by atoms with Crippen LogP contribution in [0, 0.1) is 17.1 Å². The largest absolute Gasteiger partial charge is 0.488 e. The van der Waals surface area contributed by atoms with Crippen LogP contribution in [0.5, 0.6) is 5.75 Å². The molecule has 0 aliphatic heterocycles. The first-order chi connectivity index (χ1) is 13.0. The van der Waals surface area contributed by atoms with Crippen molar-refractivity contribution in [1.82, 2.24) is 0 Å². The van der Waals surface area contributed by atoms with E-state index in [1.165, 1.54) is 12.1 Å². The van der Waals surface area contributed by atoms with Crippen molar-refractivity contribution in [2.75, 3.05) is 0 Å². The van der Waals surface area contributed by atoms with Crippen LogP contribution in [0.3, 0.4) is 0 Å². The lowest BCUT2D eigenvalue weighted by Crippen LogP contribution is -1.97. The Balaban J connectivity index is 1.91. The highest BCUT2D eigenvalue weighted by Gasteiger charge is 2.08. The van der Waals surface area contributed by atoms with Gasteiger partial charge in [-0.05, 0) is 59.7 Å². The minimum Gasteiger partial charge on any atom is -0.488 e. The van der Waals surface area contributed by atoms with Gasteiger partial charge in [-0.15, -0.1) is 0 Å². The zero-order valence-electron chi connectivity index (χ0n) is 14.1. The molecule has 3 aromatic rings. The van der Waals surface area contributed by atoms with Crippen LogP contribution in [0.25, 0.3) is 11.6 Å². The van der Waals surface area contributed by atoms with Crippen LogP contribution in [0.15, 0.2) is 66.7 Å². The maximum atomic E-state index is 13.3. The summed E-state index contributed by atoms with van der Waals surface area (Å²) >= 11 is 12.0. The van der Waals surface area contributed by atoms with Gasteiger partial charge in [0.1, 0.15) is 18.2 Å². The van der Waals surface area contributed by atoms with E-state index in [9.17, 15) is 9.65 Å². The molecule has 3 rings (SSSR count). The van der Waals surface area contributed by atoms with Gasteiger partial charge in [0.25, 0.3) is 0 Å². The topological polar surface area (TPSA) is 33.0 Å². The van der Waals surface area contributed by atoms with E-state index < -0.39 is 0 Å². The predicted molar refractivity (Wildman–Crippen MR) is 107 cm³/mol. The first kappa shape index (κ1) is 19.0. The van der Waals surface area contributed by atoms with Crippen molar-refractivity contribution < 1.29 is 9.13 Å². The second-order valence-electron chi connectivity index (χ2n) is 5.78. The number of ether oxygens (including phenoxy) is 1. The molecule has 0 N–H and O–H groups in total. The molecule has 5 heteroatoms. The molecule has 0 bridgehead atoms. The highest BCUT2D eigenvalue weighted by Crippen LogP contribution is 2.28. The van der Waals surface area contributed by atoms with Gasteiger partial charge in [-0.25, -0.2) is 4.39 Å². The Labute approximate surface area is 167 Å². The first-order valence-electron chi connectivity index (χ1n) is 8.10. The smallest absolute Gasteiger partial charge is 0.127 e. The van der Waals surface area contributed by atoms with Crippen LogP contribution >= 0.6 is 23.2 Å². The van der Waals surface area contributed by atoms with Crippen LogP contribution in [0.4, 0.5) is 4.39 Å². The molecule has 0 spiro atoms. The van der Waals surface area contributed by atoms with E-state index in [2.05, 4.69) is 6.07 Å². The van der Waals surface area contributed by atoms with E-state index in [1.807, 2.05) is 0 Å². The predicted octanol–water partition coefficient (Wildman–Crippen LogP) is 6.78. The quantitative estimate of drug-likeness (QED) is 0.351. The third-order valence-corrected chi connectivity index (χ3v) is 4.32. The van der Waals surface area contributed by atoms with E-state index in [-0.39, 0.29) is 12.4 Å². The van der Waals surface area contributed by atoms with E-state index in [0.29, 0.717) is 32.5 Å². The van der Waals surface area contributed by atoms with Crippen molar-refractivity contribution in [2.24, 2.45) is 0 Å². The first-order valence-corrected chi connectivity index (χ1v) is 8.85. The maximum absolute atomic E-state index is 13.3. The Morgan fingerprint density at radius 1 is 1.00 bits per heavy atom. The van der Waals surface area contributed by atoms with Gasteiger partial charge >= 0.3 is 0 Å². The lowest BCUT2D eigenvalue weighted by atomic mass is 10.0. The van der Waals surface area contributed by atoms with E-state index in [4.69, 9.17) is 27.9 Å². The fraction of sp³-hybridized carbons (Fsp3) is 0.0455. The number of allylic oxidation sites excluding steroid dienone is 1. The second kappa shape index (κ2) is 8.73. The van der Waals surface area contributed by atoms with Crippen LogP contribution in [0.2, 0.25) is 10.0 Å². The van der Waals surface area contributed by atoms with Crippen molar-refractivity contribution in [3.05, 3.63) is 99.3 Å². The molecule has 27 heavy (non-hydrogen) atoms. The van der Waals surface area contributed by atoms with Crippen LogP contribution in [-0.2, 0) is 6.61 Å². The summed E-state index contributed by atoms with van der Waals surface area (Å²) < 4.78 is 19.2. The Morgan fingerprint density at radius 2 is 1.74 bits per heavy atom. The van der Waals surface area contributed by atoms with Gasteiger partial charge in [0.2, 0.25) is 0 Å². The van der Waals surface area contributed by atoms with Gasteiger partial charge in [-0.3, -0.25) is 0 Å². The molecule has 0 atom stereocenters. The third-order valence-electron chi connectivity index (χ3n) is 3.83. The molecule has 0 fully saturated rings. The molecule has 0 radical (unpaired) electrons. The van der Waals surface area contributed by atoms with Crippen LogP contribution in [0.1, 0.15) is 16.7 Å². The second-order valence-corrected chi connectivity index (χ2v) is 6.65. The number of benzene rings is 3. The maximum Gasteiger partial charge on any atom is 0.127 e. The molecule has 0 saturated carbocycles. The summed E-state index contributed by atoms with van der Waals surface area (Å²) in [5.74, 6) is 0.229. The van der Waals surface area contributed by atoms with Crippen molar-refractivity contribution in [3.63, 3.8) is 0 Å². The molecule has 0 aliphatic carbocycles. The molecular formula is C22H14Cl2FNO. The molecule has 0 unspecified atom stereocenters. The van der Waals surface area contributed by atoms with E-state index in [1.54, 1.807) is 60.7 Å². The number of nitrogens with zero attached hydrogens (tertiary/aromatic N) is 1. The molecule has 0 saturated heterocycles. The van der Waals surface area contributed by atoms with Crippen molar-refractivity contribution in [1.29, 1.82) is 5.26 Å². The zero-order chi connectivity index (χ0) is 19.2. The molecular weight excluding hydrogens is 384 g/mol. The summed E-state index contributed by atoms with van der Waals surface area (Å²) in [6, 6.07) is 20.5. The molecule has 0 aliphatic rings. The number of nitriles is 1. The highest BCUT2D eigenvalue weighted by molar-refractivity contribution is 6.31. The van der Waals surface area contributed by atoms with Gasteiger partial charge in [-0.1, -0.05) is 47.5 Å². The van der Waals surface area contributed by atoms with Crippen molar-refractivity contribution >= 4 is 34.9 Å². The number of halogens is 3. The third kappa shape index (κ3) is 5.10. The van der Waals surface area contributed by atoms with Gasteiger partial charge in [0.05, 0.1) is 11.6 Å². The fourth-order valence-electron chi connectivity index (χ4n) is 2.52. The van der Waals surface area contributed by atoms with Gasteiger partial charge in [0, 0.05) is 15.6 Å². The SMILES string of the molecule is N#C/C(=C\c1cc(Cl)ccc1OCc1cccc(F)c1)c1ccc(Cl)cc1. The Morgan fingerprint density at radius 3 is 2.44 bits per heavy atom. The van der Waals surface area contributed by atoms with Crippen molar-refractivity contribution in [3.8, 4) is 11.8 Å². The molecule has 0 aromatic heterocycles. The fourth-order valence-corrected chi connectivity index (χ4v) is 2.82. The lowest BCUT2D eigenvalue weighted by molar-refractivity contribution is 0.305. The summed E-state index contributed by atoms with van der Waals surface area (Å²) in [6.07, 6.45) is 1.70. The lowest BCUT2D eigenvalue weighted by Gasteiger charge is -2.11. The average Bonchev–Trinajstić information content (AvgIpc) is 2.66. The minimum atomic E-state index is -0.318. The standard InChI is InChI=1S/C22H14Cl2FNO/c23-19-6-4-16(5-7-19)18(13-26)11-17-12-20(24)8-9-22(17)27-14-15-2-1-3-21(25)10-15/h1-12H,14H2/b18-11+. The van der Waals surface area contributed by atoms with Crippen LogP contribution in [-0.4, -0.2) is 0 Å². The number of hydrogen-bond acceptors (Lipinski definition) is 2.